The van der Waals surface area contributed by atoms with Gasteiger partial charge in [0.2, 0.25) is 0 Å². The highest BCUT2D eigenvalue weighted by Crippen LogP contribution is 2.30. The van der Waals surface area contributed by atoms with Crippen LogP contribution in [-0.4, -0.2) is 48.2 Å². The Hall–Kier alpha value is -2.17. The van der Waals surface area contributed by atoms with Gasteiger partial charge in [0, 0.05) is 13.1 Å². The molecule has 2 aromatic rings. The summed E-state index contributed by atoms with van der Waals surface area (Å²) in [5, 5.41) is 18.5. The van der Waals surface area contributed by atoms with Crippen molar-refractivity contribution in [3.05, 3.63) is 65.8 Å². The molecule has 0 bridgehead atoms. The van der Waals surface area contributed by atoms with Crippen molar-refractivity contribution in [2.45, 2.75) is 6.61 Å². The first-order valence-electron chi connectivity index (χ1n) is 9.32. The van der Waals surface area contributed by atoms with E-state index in [9.17, 15) is 14.9 Å². The van der Waals surface area contributed by atoms with Gasteiger partial charge < -0.3 is 19.5 Å². The van der Waals surface area contributed by atoms with Crippen LogP contribution in [-0.2, 0) is 16.1 Å². The van der Waals surface area contributed by atoms with Crippen LogP contribution in [0.3, 0.4) is 0 Å². The summed E-state index contributed by atoms with van der Waals surface area (Å²) >= 11 is 4.31. The first-order valence-corrected chi connectivity index (χ1v) is 11.5. The Balaban J connectivity index is 1.74. The number of carboxylic acid groups (broad SMARTS) is 1. The first kappa shape index (κ1) is 23.5. The number of hydrogen-bond acceptors (Lipinski definition) is 5. The lowest BCUT2D eigenvalue weighted by Gasteiger charge is -2.26. The van der Waals surface area contributed by atoms with Crippen LogP contribution in [0.4, 0.5) is 0 Å². The van der Waals surface area contributed by atoms with E-state index in [0.29, 0.717) is 38.7 Å². The standard InChI is InChI=1S/C22H18I2N2O5/c23-18-10-15(9-17(12-25)21(27)26-5-7-30-8-6-26)11-19(24)20(18)31-13-14-1-3-16(4-2-14)22(28)29/h1-4,9-11H,5-8,13H2,(H,28,29)/b17-9-. The summed E-state index contributed by atoms with van der Waals surface area (Å²) < 4.78 is 12.9. The third-order valence-electron chi connectivity index (χ3n) is 4.56. The Morgan fingerprint density at radius 1 is 1.16 bits per heavy atom. The number of benzene rings is 2. The molecule has 1 saturated heterocycles. The van der Waals surface area contributed by atoms with E-state index < -0.39 is 5.97 Å². The van der Waals surface area contributed by atoms with E-state index in [0.717, 1.165) is 18.3 Å². The molecule has 7 nitrogen and oxygen atoms in total. The summed E-state index contributed by atoms with van der Waals surface area (Å²) in [6.45, 7) is 2.21. The Morgan fingerprint density at radius 3 is 2.32 bits per heavy atom. The van der Waals surface area contributed by atoms with Crippen LogP contribution in [0.1, 0.15) is 21.5 Å². The Morgan fingerprint density at radius 2 is 1.77 bits per heavy atom. The highest BCUT2D eigenvalue weighted by molar-refractivity contribution is 14.1. The number of carbonyl (C=O) groups excluding carboxylic acids is 1. The number of halogens is 2. The fourth-order valence-electron chi connectivity index (χ4n) is 2.95. The van der Waals surface area contributed by atoms with Crippen LogP contribution in [0.15, 0.2) is 42.0 Å². The van der Waals surface area contributed by atoms with Gasteiger partial charge >= 0.3 is 5.97 Å². The summed E-state index contributed by atoms with van der Waals surface area (Å²) in [5.74, 6) is -0.566. The van der Waals surface area contributed by atoms with Gasteiger partial charge in [-0.05, 0) is 86.7 Å². The lowest BCUT2D eigenvalue weighted by atomic mass is 10.1. The molecular formula is C22H18I2N2O5. The minimum atomic E-state index is -0.968. The number of morpholine rings is 1. The van der Waals surface area contributed by atoms with Gasteiger partial charge in [0.15, 0.2) is 0 Å². The lowest BCUT2D eigenvalue weighted by Crippen LogP contribution is -2.41. The molecular weight excluding hydrogens is 626 g/mol. The highest BCUT2D eigenvalue weighted by Gasteiger charge is 2.21. The molecule has 1 fully saturated rings. The van der Waals surface area contributed by atoms with E-state index >= 15 is 0 Å². The van der Waals surface area contributed by atoms with Crippen molar-refractivity contribution in [1.82, 2.24) is 4.90 Å². The van der Waals surface area contributed by atoms with Crippen LogP contribution in [0.25, 0.3) is 6.08 Å². The number of aromatic carboxylic acids is 1. The Bertz CT molecular complexity index is 1030. The second kappa shape index (κ2) is 10.9. The molecule has 2 aromatic carbocycles. The van der Waals surface area contributed by atoms with Gasteiger partial charge in [-0.1, -0.05) is 12.1 Å². The normalized spacial score (nSPS) is 14.1. The van der Waals surface area contributed by atoms with Gasteiger partial charge in [0.1, 0.15) is 24.0 Å². The number of hydrogen-bond donors (Lipinski definition) is 1. The van der Waals surface area contributed by atoms with Gasteiger partial charge in [-0.3, -0.25) is 4.79 Å². The lowest BCUT2D eigenvalue weighted by molar-refractivity contribution is -0.130. The molecule has 0 aromatic heterocycles. The molecule has 0 radical (unpaired) electrons. The third kappa shape index (κ3) is 6.18. The van der Waals surface area contributed by atoms with E-state index in [1.165, 1.54) is 0 Å². The predicted octanol–water partition coefficient (Wildman–Crippen LogP) is 3.94. The predicted molar refractivity (Wildman–Crippen MR) is 131 cm³/mol. The first-order chi connectivity index (χ1) is 14.9. The topological polar surface area (TPSA) is 99.9 Å². The van der Waals surface area contributed by atoms with Crippen molar-refractivity contribution in [2.24, 2.45) is 0 Å². The van der Waals surface area contributed by atoms with Crippen LogP contribution in [0, 0.1) is 18.5 Å². The van der Waals surface area contributed by atoms with Crippen molar-refractivity contribution in [1.29, 1.82) is 5.26 Å². The van der Waals surface area contributed by atoms with Crippen molar-refractivity contribution < 1.29 is 24.2 Å². The molecule has 1 amide bonds. The molecule has 3 rings (SSSR count). The Labute approximate surface area is 206 Å². The van der Waals surface area contributed by atoms with Gasteiger partial charge in [0.05, 0.1) is 25.9 Å². The monoisotopic (exact) mass is 644 g/mol. The molecule has 31 heavy (non-hydrogen) atoms. The molecule has 0 spiro atoms. The van der Waals surface area contributed by atoms with E-state index in [-0.39, 0.29) is 17.0 Å². The second-order valence-electron chi connectivity index (χ2n) is 6.68. The third-order valence-corrected chi connectivity index (χ3v) is 6.17. The van der Waals surface area contributed by atoms with E-state index in [4.69, 9.17) is 14.6 Å². The number of nitriles is 1. The fourth-order valence-corrected chi connectivity index (χ4v) is 5.07. The summed E-state index contributed by atoms with van der Waals surface area (Å²) in [6, 6.07) is 12.2. The second-order valence-corrected chi connectivity index (χ2v) is 9.00. The van der Waals surface area contributed by atoms with Crippen molar-refractivity contribution in [3.63, 3.8) is 0 Å². The van der Waals surface area contributed by atoms with Gasteiger partial charge in [-0.25, -0.2) is 4.79 Å². The van der Waals surface area contributed by atoms with E-state index in [1.807, 2.05) is 18.2 Å². The number of nitrogens with zero attached hydrogens (tertiary/aromatic N) is 2. The van der Waals surface area contributed by atoms with Crippen LogP contribution < -0.4 is 4.74 Å². The van der Waals surface area contributed by atoms with E-state index in [1.54, 1.807) is 35.2 Å². The number of ether oxygens (including phenoxy) is 2. The maximum Gasteiger partial charge on any atom is 0.335 e. The van der Waals surface area contributed by atoms with Crippen molar-refractivity contribution in [2.75, 3.05) is 26.3 Å². The average molecular weight is 644 g/mol. The smallest absolute Gasteiger partial charge is 0.335 e. The fraction of sp³-hybridized carbons (Fsp3) is 0.227. The zero-order chi connectivity index (χ0) is 22.4. The molecule has 1 aliphatic heterocycles. The number of amides is 1. The molecule has 0 unspecified atom stereocenters. The van der Waals surface area contributed by atoms with Crippen molar-refractivity contribution >= 4 is 63.1 Å². The van der Waals surface area contributed by atoms with Gasteiger partial charge in [0.25, 0.3) is 5.91 Å². The van der Waals surface area contributed by atoms with Crippen molar-refractivity contribution in [3.8, 4) is 11.8 Å². The molecule has 9 heteroatoms. The molecule has 160 valence electrons. The maximum absolute atomic E-state index is 12.6. The van der Waals surface area contributed by atoms with Crippen LogP contribution in [0.2, 0.25) is 0 Å². The SMILES string of the molecule is N#C/C(=C/c1cc(I)c(OCc2ccc(C(=O)O)cc2)c(I)c1)C(=O)N1CCOCC1. The highest BCUT2D eigenvalue weighted by atomic mass is 127. The molecule has 1 heterocycles. The summed E-state index contributed by atoms with van der Waals surface area (Å²) in [7, 11) is 0. The minimum absolute atomic E-state index is 0.0840. The number of carboxylic acids is 1. The Kier molecular flexibility index (Phi) is 8.28. The zero-order valence-electron chi connectivity index (χ0n) is 16.3. The molecule has 1 N–H and O–H groups in total. The quantitative estimate of drug-likeness (QED) is 0.291. The summed E-state index contributed by atoms with van der Waals surface area (Å²) in [6.07, 6.45) is 1.59. The number of rotatable bonds is 6. The number of carbonyl (C=O) groups is 2. The minimum Gasteiger partial charge on any atom is -0.487 e. The molecule has 0 aliphatic carbocycles. The van der Waals surface area contributed by atoms with Crippen LogP contribution in [0.5, 0.6) is 5.75 Å². The molecule has 1 aliphatic rings. The van der Waals surface area contributed by atoms with Gasteiger partial charge in [-0.15, -0.1) is 0 Å². The molecule has 0 saturated carbocycles. The van der Waals surface area contributed by atoms with Crippen LogP contribution >= 0.6 is 45.2 Å². The van der Waals surface area contributed by atoms with Gasteiger partial charge in [-0.2, -0.15) is 5.26 Å². The average Bonchev–Trinajstić information content (AvgIpc) is 2.77. The van der Waals surface area contributed by atoms with E-state index in [2.05, 4.69) is 45.2 Å². The largest absolute Gasteiger partial charge is 0.487 e. The summed E-state index contributed by atoms with van der Waals surface area (Å²) in [4.78, 5) is 25.2. The maximum atomic E-state index is 12.6. The zero-order valence-corrected chi connectivity index (χ0v) is 20.6. The summed E-state index contributed by atoms with van der Waals surface area (Å²) in [5.41, 5.74) is 1.90. The molecule has 0 atom stereocenters.